The Bertz CT molecular complexity index is 907. The van der Waals surface area contributed by atoms with Gasteiger partial charge in [0, 0.05) is 17.4 Å². The predicted molar refractivity (Wildman–Crippen MR) is 95.6 cm³/mol. The number of anilines is 3. The highest BCUT2D eigenvalue weighted by Gasteiger charge is 2.11. The van der Waals surface area contributed by atoms with E-state index in [4.69, 9.17) is 0 Å². The van der Waals surface area contributed by atoms with Gasteiger partial charge in [-0.3, -0.25) is 4.79 Å². The number of benzene rings is 2. The summed E-state index contributed by atoms with van der Waals surface area (Å²) in [4.78, 5) is 20.5. The van der Waals surface area contributed by atoms with Crippen molar-refractivity contribution in [1.82, 2.24) is 9.97 Å². The Kier molecular flexibility index (Phi) is 4.70. The first-order valence-corrected chi connectivity index (χ1v) is 7.75. The second kappa shape index (κ2) is 7.09. The van der Waals surface area contributed by atoms with Gasteiger partial charge in [-0.05, 0) is 43.2 Å². The zero-order valence-electron chi connectivity index (χ0n) is 13.9. The van der Waals surface area contributed by atoms with Crippen LogP contribution in [0.3, 0.4) is 0 Å². The summed E-state index contributed by atoms with van der Waals surface area (Å²) in [5, 5.41) is 5.83. The molecule has 0 saturated carbocycles. The van der Waals surface area contributed by atoms with Gasteiger partial charge in [0.1, 0.15) is 23.7 Å². The second-order valence-electron chi connectivity index (χ2n) is 5.64. The third-order valence-electron chi connectivity index (χ3n) is 3.72. The molecule has 0 aliphatic carbocycles. The van der Waals surface area contributed by atoms with Crippen LogP contribution in [-0.4, -0.2) is 15.9 Å². The number of para-hydroxylation sites is 1. The lowest BCUT2D eigenvalue weighted by molar-refractivity contribution is 0.102. The summed E-state index contributed by atoms with van der Waals surface area (Å²) < 4.78 is 13.2. The molecule has 2 aromatic carbocycles. The minimum atomic E-state index is -0.433. The average molecular weight is 336 g/mol. The third-order valence-corrected chi connectivity index (χ3v) is 3.72. The van der Waals surface area contributed by atoms with Gasteiger partial charge < -0.3 is 10.6 Å². The Labute approximate surface area is 145 Å². The van der Waals surface area contributed by atoms with E-state index < -0.39 is 11.7 Å². The summed E-state index contributed by atoms with van der Waals surface area (Å²) in [6, 6.07) is 13.2. The van der Waals surface area contributed by atoms with Crippen molar-refractivity contribution in [3.05, 3.63) is 77.5 Å². The van der Waals surface area contributed by atoms with Crippen molar-refractivity contribution in [2.45, 2.75) is 13.8 Å². The van der Waals surface area contributed by atoms with Crippen LogP contribution in [0.5, 0.6) is 0 Å². The molecule has 0 aliphatic rings. The van der Waals surface area contributed by atoms with Gasteiger partial charge in [0.05, 0.1) is 0 Å². The Morgan fingerprint density at radius 2 is 1.72 bits per heavy atom. The summed E-state index contributed by atoms with van der Waals surface area (Å²) >= 11 is 0. The average Bonchev–Trinajstić information content (AvgIpc) is 2.58. The van der Waals surface area contributed by atoms with E-state index in [2.05, 4.69) is 20.6 Å². The molecule has 0 radical (unpaired) electrons. The van der Waals surface area contributed by atoms with E-state index in [-0.39, 0.29) is 5.69 Å². The highest BCUT2D eigenvalue weighted by atomic mass is 19.1. The van der Waals surface area contributed by atoms with Gasteiger partial charge in [-0.15, -0.1) is 0 Å². The maximum absolute atomic E-state index is 13.2. The maximum Gasteiger partial charge on any atom is 0.274 e. The van der Waals surface area contributed by atoms with E-state index >= 15 is 0 Å². The highest BCUT2D eigenvalue weighted by molar-refractivity contribution is 6.03. The maximum atomic E-state index is 13.2. The minimum Gasteiger partial charge on any atom is -0.340 e. The van der Waals surface area contributed by atoms with Crippen LogP contribution < -0.4 is 10.6 Å². The van der Waals surface area contributed by atoms with E-state index in [9.17, 15) is 9.18 Å². The summed E-state index contributed by atoms with van der Waals surface area (Å²) in [6.07, 6.45) is 1.32. The Morgan fingerprint density at radius 3 is 2.44 bits per heavy atom. The van der Waals surface area contributed by atoms with E-state index in [0.29, 0.717) is 11.5 Å². The van der Waals surface area contributed by atoms with Gasteiger partial charge in [-0.25, -0.2) is 14.4 Å². The van der Waals surface area contributed by atoms with Crippen molar-refractivity contribution >= 4 is 23.1 Å². The van der Waals surface area contributed by atoms with Crippen molar-refractivity contribution in [3.8, 4) is 0 Å². The number of nitrogens with zero attached hydrogens (tertiary/aromatic N) is 2. The van der Waals surface area contributed by atoms with Crippen LogP contribution in [0.4, 0.5) is 21.6 Å². The summed E-state index contributed by atoms with van der Waals surface area (Å²) in [7, 11) is 0. The smallest absolute Gasteiger partial charge is 0.274 e. The van der Waals surface area contributed by atoms with Crippen LogP contribution >= 0.6 is 0 Å². The Hall–Kier alpha value is -3.28. The third kappa shape index (κ3) is 3.98. The molecular weight excluding hydrogens is 319 g/mol. The van der Waals surface area contributed by atoms with Crippen molar-refractivity contribution < 1.29 is 9.18 Å². The number of hydrogen-bond acceptors (Lipinski definition) is 4. The fourth-order valence-electron chi connectivity index (χ4n) is 2.45. The molecule has 0 bridgehead atoms. The minimum absolute atomic E-state index is 0.188. The number of rotatable bonds is 4. The molecule has 5 nitrogen and oxygen atoms in total. The number of carbonyl (C=O) groups excluding carboxylic acids is 1. The number of aryl methyl sites for hydroxylation is 2. The lowest BCUT2D eigenvalue weighted by atomic mass is 10.1. The summed E-state index contributed by atoms with van der Waals surface area (Å²) in [5.41, 5.74) is 3.65. The van der Waals surface area contributed by atoms with Gasteiger partial charge >= 0.3 is 0 Å². The van der Waals surface area contributed by atoms with E-state index in [1.54, 1.807) is 12.1 Å². The quantitative estimate of drug-likeness (QED) is 0.748. The molecule has 1 heterocycles. The first-order chi connectivity index (χ1) is 12.0. The number of halogens is 1. The van der Waals surface area contributed by atoms with Crippen molar-refractivity contribution in [3.63, 3.8) is 0 Å². The zero-order valence-corrected chi connectivity index (χ0v) is 13.9. The number of carbonyl (C=O) groups is 1. The molecule has 1 amide bonds. The molecule has 25 heavy (non-hydrogen) atoms. The molecule has 0 spiro atoms. The molecule has 126 valence electrons. The molecule has 0 atom stereocenters. The van der Waals surface area contributed by atoms with Gasteiger partial charge in [-0.2, -0.15) is 0 Å². The summed E-state index contributed by atoms with van der Waals surface area (Å²) in [5.74, 6) is -0.341. The molecule has 2 N–H and O–H groups in total. The van der Waals surface area contributed by atoms with Gasteiger partial charge in [0.15, 0.2) is 0 Å². The SMILES string of the molecule is Cc1cccc(C)c1Nc1cc(C(=O)Nc2cccc(F)c2)ncn1. The number of aromatic nitrogens is 2. The second-order valence-corrected chi connectivity index (χ2v) is 5.64. The zero-order chi connectivity index (χ0) is 17.8. The largest absolute Gasteiger partial charge is 0.340 e. The van der Waals surface area contributed by atoms with Crippen molar-refractivity contribution in [1.29, 1.82) is 0 Å². The molecule has 3 rings (SSSR count). The standard InChI is InChI=1S/C19H17FN4O/c1-12-5-3-6-13(2)18(12)24-17-10-16(21-11-22-17)19(25)23-15-8-4-7-14(20)9-15/h3-11H,1-2H3,(H,23,25)(H,21,22,24). The molecule has 0 fully saturated rings. The lowest BCUT2D eigenvalue weighted by Gasteiger charge is -2.12. The van der Waals surface area contributed by atoms with E-state index in [0.717, 1.165) is 16.8 Å². The first-order valence-electron chi connectivity index (χ1n) is 7.75. The van der Waals surface area contributed by atoms with Gasteiger partial charge in [-0.1, -0.05) is 24.3 Å². The monoisotopic (exact) mass is 336 g/mol. The van der Waals surface area contributed by atoms with Crippen LogP contribution in [0, 0.1) is 19.7 Å². The predicted octanol–water partition coefficient (Wildman–Crippen LogP) is 4.23. The number of nitrogens with one attached hydrogen (secondary N) is 2. The first kappa shape index (κ1) is 16.6. The van der Waals surface area contributed by atoms with Crippen LogP contribution in [0.2, 0.25) is 0 Å². The molecule has 0 aliphatic heterocycles. The molecular formula is C19H17FN4O. The van der Waals surface area contributed by atoms with Gasteiger partial charge in [0.2, 0.25) is 0 Å². The Balaban J connectivity index is 1.80. The number of amides is 1. The fraction of sp³-hybridized carbons (Fsp3) is 0.105. The van der Waals surface area contributed by atoms with E-state index in [1.807, 2.05) is 32.0 Å². The van der Waals surface area contributed by atoms with Crippen LogP contribution in [0.1, 0.15) is 21.6 Å². The fourth-order valence-corrected chi connectivity index (χ4v) is 2.45. The van der Waals surface area contributed by atoms with Crippen LogP contribution in [-0.2, 0) is 0 Å². The Morgan fingerprint density at radius 1 is 1.00 bits per heavy atom. The molecule has 1 aromatic heterocycles. The van der Waals surface area contributed by atoms with Crippen LogP contribution in [0.25, 0.3) is 0 Å². The molecule has 0 saturated heterocycles. The lowest BCUT2D eigenvalue weighted by Crippen LogP contribution is -2.14. The molecule has 6 heteroatoms. The number of hydrogen-bond donors (Lipinski definition) is 2. The molecule has 0 unspecified atom stereocenters. The van der Waals surface area contributed by atoms with Crippen molar-refractivity contribution in [2.24, 2.45) is 0 Å². The van der Waals surface area contributed by atoms with E-state index in [1.165, 1.54) is 24.5 Å². The van der Waals surface area contributed by atoms with Crippen LogP contribution in [0.15, 0.2) is 54.9 Å². The summed E-state index contributed by atoms with van der Waals surface area (Å²) in [6.45, 7) is 3.99. The molecule has 3 aromatic rings. The topological polar surface area (TPSA) is 66.9 Å². The van der Waals surface area contributed by atoms with Crippen molar-refractivity contribution in [2.75, 3.05) is 10.6 Å². The normalized spacial score (nSPS) is 10.4. The highest BCUT2D eigenvalue weighted by Crippen LogP contribution is 2.23. The van der Waals surface area contributed by atoms with Gasteiger partial charge in [0.25, 0.3) is 5.91 Å².